The third kappa shape index (κ3) is 8.87. The highest BCUT2D eigenvalue weighted by atomic mass is 16.3. The normalized spacial score (nSPS) is 13.9. The lowest BCUT2D eigenvalue weighted by Gasteiger charge is -2.26. The zero-order chi connectivity index (χ0) is 30.9. The summed E-state index contributed by atoms with van der Waals surface area (Å²) in [4.78, 5) is 26.8. The predicted octanol–water partition coefficient (Wildman–Crippen LogP) is 6.16. The molecule has 6 nitrogen and oxygen atoms in total. The van der Waals surface area contributed by atoms with Gasteiger partial charge in [-0.25, -0.2) is 0 Å². The van der Waals surface area contributed by atoms with Gasteiger partial charge in [0.1, 0.15) is 0 Å². The summed E-state index contributed by atoms with van der Waals surface area (Å²) in [6.45, 7) is 10.2. The number of carbonyl (C=O) groups is 2. The molecule has 0 heterocycles. The van der Waals surface area contributed by atoms with E-state index in [1.165, 1.54) is 5.56 Å². The van der Waals surface area contributed by atoms with Crippen LogP contribution in [0.3, 0.4) is 0 Å². The molecule has 0 bridgehead atoms. The second-order valence-electron chi connectivity index (χ2n) is 11.5. The Kier molecular flexibility index (Phi) is 10.9. The molecule has 0 aromatic heterocycles. The van der Waals surface area contributed by atoms with Crippen LogP contribution in [0.2, 0.25) is 0 Å². The van der Waals surface area contributed by atoms with Crippen LogP contribution in [-0.2, 0) is 6.42 Å². The minimum absolute atomic E-state index is 0.0308. The van der Waals surface area contributed by atoms with Crippen molar-refractivity contribution in [2.75, 3.05) is 6.54 Å². The number of aryl methyl sites for hydroxylation is 3. The number of rotatable bonds is 12. The Balaban J connectivity index is 1.48. The minimum Gasteiger partial charge on any atom is -0.390 e. The van der Waals surface area contributed by atoms with Crippen LogP contribution >= 0.6 is 0 Å². The molecule has 1 unspecified atom stereocenters. The second-order valence-corrected chi connectivity index (χ2v) is 11.5. The lowest BCUT2D eigenvalue weighted by molar-refractivity contribution is 0.0825. The van der Waals surface area contributed by atoms with Crippen LogP contribution in [0.5, 0.6) is 0 Å². The fourth-order valence-corrected chi connectivity index (χ4v) is 5.29. The van der Waals surface area contributed by atoms with E-state index in [0.29, 0.717) is 24.1 Å². The molecule has 4 N–H and O–H groups in total. The third-order valence-corrected chi connectivity index (χ3v) is 7.89. The van der Waals surface area contributed by atoms with E-state index in [-0.39, 0.29) is 23.9 Å². The van der Waals surface area contributed by atoms with Gasteiger partial charge in [-0.15, -0.1) is 0 Å². The molecule has 0 saturated heterocycles. The molecule has 2 amide bonds. The number of nitrogens with one attached hydrogen (secondary N) is 3. The van der Waals surface area contributed by atoms with Crippen molar-refractivity contribution in [2.24, 2.45) is 0 Å². The van der Waals surface area contributed by atoms with Crippen molar-refractivity contribution in [3.05, 3.63) is 142 Å². The van der Waals surface area contributed by atoms with E-state index in [4.69, 9.17) is 0 Å². The number of hydrogen-bond acceptors (Lipinski definition) is 4. The zero-order valence-electron chi connectivity index (χ0n) is 25.7. The predicted molar refractivity (Wildman–Crippen MR) is 173 cm³/mol. The quantitative estimate of drug-likeness (QED) is 0.162. The SMILES string of the molecule is Cc1ccc([C@@H](C)NC[C@@H](O)[C@H](Cc2ccccc2)NC(=O)c2cc(C)cc(C(=O)NC(C)c3ccccc3C)c2)cc1. The Bertz CT molecular complexity index is 1520. The van der Waals surface area contributed by atoms with Crippen LogP contribution in [0.25, 0.3) is 0 Å². The van der Waals surface area contributed by atoms with E-state index in [2.05, 4.69) is 54.1 Å². The topological polar surface area (TPSA) is 90.5 Å². The van der Waals surface area contributed by atoms with Gasteiger partial charge in [0.15, 0.2) is 0 Å². The number of aliphatic hydroxyl groups excluding tert-OH is 1. The number of benzene rings is 4. The van der Waals surface area contributed by atoms with Gasteiger partial charge in [-0.05, 0) is 87.1 Å². The zero-order valence-corrected chi connectivity index (χ0v) is 25.7. The summed E-state index contributed by atoms with van der Waals surface area (Å²) < 4.78 is 0. The van der Waals surface area contributed by atoms with E-state index < -0.39 is 12.1 Å². The van der Waals surface area contributed by atoms with Gasteiger partial charge in [-0.2, -0.15) is 0 Å². The first-order valence-corrected chi connectivity index (χ1v) is 14.9. The Morgan fingerprint density at radius 2 is 1.30 bits per heavy atom. The van der Waals surface area contributed by atoms with Crippen molar-refractivity contribution in [1.82, 2.24) is 16.0 Å². The van der Waals surface area contributed by atoms with Gasteiger partial charge in [0.25, 0.3) is 11.8 Å². The Morgan fingerprint density at radius 1 is 0.698 bits per heavy atom. The smallest absolute Gasteiger partial charge is 0.251 e. The molecule has 4 atom stereocenters. The van der Waals surface area contributed by atoms with Crippen molar-refractivity contribution in [2.45, 2.75) is 65.3 Å². The highest BCUT2D eigenvalue weighted by Gasteiger charge is 2.24. The average molecular weight is 578 g/mol. The van der Waals surface area contributed by atoms with E-state index in [9.17, 15) is 14.7 Å². The average Bonchev–Trinajstić information content (AvgIpc) is 3.00. The Hall–Kier alpha value is -4.26. The molecular weight excluding hydrogens is 534 g/mol. The summed E-state index contributed by atoms with van der Waals surface area (Å²) in [6, 6.07) is 30.5. The maximum absolute atomic E-state index is 13.6. The van der Waals surface area contributed by atoms with Crippen LogP contribution in [0.4, 0.5) is 0 Å². The molecule has 43 heavy (non-hydrogen) atoms. The highest BCUT2D eigenvalue weighted by molar-refractivity contribution is 6.00. The van der Waals surface area contributed by atoms with Gasteiger partial charge in [0.2, 0.25) is 0 Å². The second kappa shape index (κ2) is 14.8. The fourth-order valence-electron chi connectivity index (χ4n) is 5.29. The molecule has 0 aliphatic carbocycles. The monoisotopic (exact) mass is 577 g/mol. The third-order valence-electron chi connectivity index (χ3n) is 7.89. The number of carbonyl (C=O) groups excluding carboxylic acids is 2. The van der Waals surface area contributed by atoms with Gasteiger partial charge in [-0.1, -0.05) is 84.4 Å². The van der Waals surface area contributed by atoms with Gasteiger partial charge in [0, 0.05) is 23.7 Å². The fraction of sp³-hybridized carbons (Fsp3) is 0.297. The molecule has 4 aromatic carbocycles. The van der Waals surface area contributed by atoms with Crippen LogP contribution in [0, 0.1) is 20.8 Å². The first kappa shape index (κ1) is 31.7. The van der Waals surface area contributed by atoms with Crippen LogP contribution in [0.15, 0.2) is 97.1 Å². The Labute approximate surface area is 255 Å². The van der Waals surface area contributed by atoms with Gasteiger partial charge >= 0.3 is 0 Å². The van der Waals surface area contributed by atoms with E-state index in [1.807, 2.05) is 75.4 Å². The molecule has 224 valence electrons. The molecule has 0 radical (unpaired) electrons. The summed E-state index contributed by atoms with van der Waals surface area (Å²) in [5.41, 5.74) is 7.07. The molecule has 0 fully saturated rings. The largest absolute Gasteiger partial charge is 0.390 e. The van der Waals surface area contributed by atoms with Crippen molar-refractivity contribution in [3.63, 3.8) is 0 Å². The van der Waals surface area contributed by atoms with Gasteiger partial charge < -0.3 is 21.1 Å². The van der Waals surface area contributed by atoms with Crippen LogP contribution < -0.4 is 16.0 Å². The summed E-state index contributed by atoms with van der Waals surface area (Å²) in [6.07, 6.45) is -0.388. The summed E-state index contributed by atoms with van der Waals surface area (Å²) in [7, 11) is 0. The first-order chi connectivity index (χ1) is 20.6. The maximum Gasteiger partial charge on any atom is 0.251 e. The van der Waals surface area contributed by atoms with Crippen molar-refractivity contribution in [1.29, 1.82) is 0 Å². The number of hydrogen-bond donors (Lipinski definition) is 4. The molecule has 6 heteroatoms. The van der Waals surface area contributed by atoms with Gasteiger partial charge in [0.05, 0.1) is 18.2 Å². The first-order valence-electron chi connectivity index (χ1n) is 14.9. The number of amides is 2. The lowest BCUT2D eigenvalue weighted by atomic mass is 9.99. The molecule has 4 rings (SSSR count). The van der Waals surface area contributed by atoms with E-state index >= 15 is 0 Å². The summed E-state index contributed by atoms with van der Waals surface area (Å²) in [5.74, 6) is -0.583. The molecule has 0 aliphatic heterocycles. The van der Waals surface area contributed by atoms with Crippen molar-refractivity contribution >= 4 is 11.8 Å². The van der Waals surface area contributed by atoms with Crippen molar-refractivity contribution in [3.8, 4) is 0 Å². The molecule has 0 aliphatic rings. The van der Waals surface area contributed by atoms with Crippen molar-refractivity contribution < 1.29 is 14.7 Å². The molecule has 4 aromatic rings. The number of aliphatic hydroxyl groups is 1. The standard InChI is InChI=1S/C37H43N3O3/c1-24-15-17-30(18-16-24)27(4)38-23-35(41)34(21-29-12-7-6-8-13-29)40-37(43)32-20-25(2)19-31(22-32)36(42)39-28(5)33-14-10-9-11-26(33)3/h6-20,22,27-28,34-35,38,41H,21,23H2,1-5H3,(H,39,42)(H,40,43)/t27-,28?,34+,35-/m1/s1. The van der Waals surface area contributed by atoms with E-state index in [1.54, 1.807) is 18.2 Å². The Morgan fingerprint density at radius 3 is 1.95 bits per heavy atom. The molecular formula is C37H43N3O3. The lowest BCUT2D eigenvalue weighted by Crippen LogP contribution is -2.49. The van der Waals surface area contributed by atoms with Crippen LogP contribution in [-0.4, -0.2) is 35.6 Å². The highest BCUT2D eigenvalue weighted by Crippen LogP contribution is 2.19. The minimum atomic E-state index is -0.848. The van der Waals surface area contributed by atoms with Gasteiger partial charge in [-0.3, -0.25) is 9.59 Å². The summed E-state index contributed by atoms with van der Waals surface area (Å²) in [5, 5.41) is 20.8. The van der Waals surface area contributed by atoms with E-state index in [0.717, 1.165) is 27.8 Å². The molecule has 0 saturated carbocycles. The molecule has 0 spiro atoms. The maximum atomic E-state index is 13.6. The summed E-state index contributed by atoms with van der Waals surface area (Å²) >= 11 is 0. The van der Waals surface area contributed by atoms with Crippen LogP contribution in [0.1, 0.15) is 80.0 Å².